The zero-order valence-electron chi connectivity index (χ0n) is 25.2. The van der Waals surface area contributed by atoms with E-state index in [0.717, 1.165) is 65.7 Å². The van der Waals surface area contributed by atoms with Crippen molar-refractivity contribution in [2.45, 2.75) is 44.3 Å². The van der Waals surface area contributed by atoms with E-state index >= 15 is 0 Å². The number of amides is 1. The molecule has 5 aromatic rings. The highest BCUT2D eigenvalue weighted by Gasteiger charge is 2.47. The summed E-state index contributed by atoms with van der Waals surface area (Å²) in [5.41, 5.74) is 11.4. The summed E-state index contributed by atoms with van der Waals surface area (Å²) >= 11 is 0. The number of benzene rings is 3. The van der Waals surface area contributed by atoms with Gasteiger partial charge in [-0.25, -0.2) is 14.2 Å². The predicted octanol–water partition coefficient (Wildman–Crippen LogP) is 5.68. The number of carboxylic acid groups (broad SMARTS) is 1. The lowest BCUT2D eigenvalue weighted by molar-refractivity contribution is 0.0686. The first kappa shape index (κ1) is 27.8. The van der Waals surface area contributed by atoms with E-state index in [-0.39, 0.29) is 23.6 Å². The molecular weight excluding hydrogens is 573 g/mol. The molecule has 1 amide bonds. The monoisotopic (exact) mass is 607 g/mol. The number of halogens is 1. The van der Waals surface area contributed by atoms with Crippen LogP contribution in [0.3, 0.4) is 0 Å². The predicted molar refractivity (Wildman–Crippen MR) is 169 cm³/mol. The summed E-state index contributed by atoms with van der Waals surface area (Å²) < 4.78 is 24.3. The van der Waals surface area contributed by atoms with Gasteiger partial charge in [-0.15, -0.1) is 0 Å². The number of aryl methyl sites for hydroxylation is 1. The molecule has 2 saturated carbocycles. The number of likely N-dealkylation sites (tertiary alicyclic amines) is 1. The van der Waals surface area contributed by atoms with Crippen LogP contribution in [0, 0.1) is 17.7 Å². The molecule has 3 heterocycles. The zero-order chi connectivity index (χ0) is 31.1. The van der Waals surface area contributed by atoms with Crippen molar-refractivity contribution in [3.63, 3.8) is 0 Å². The first-order chi connectivity index (χ1) is 21.7. The maximum Gasteiger partial charge on any atom is 0.338 e. The van der Waals surface area contributed by atoms with E-state index in [1.165, 1.54) is 12.1 Å². The van der Waals surface area contributed by atoms with Gasteiger partial charge < -0.3 is 29.6 Å². The second-order valence-corrected chi connectivity index (χ2v) is 12.8. The van der Waals surface area contributed by atoms with Crippen LogP contribution < -0.4 is 10.5 Å². The molecule has 8 rings (SSSR count). The summed E-state index contributed by atoms with van der Waals surface area (Å²) in [5.74, 6) is 0.169. The lowest BCUT2D eigenvalue weighted by Gasteiger charge is -2.27. The molecule has 1 saturated heterocycles. The molecule has 3 atom stereocenters. The number of nitrogens with two attached hydrogens (primary N) is 1. The zero-order valence-corrected chi connectivity index (χ0v) is 25.2. The minimum atomic E-state index is -1.30. The number of nitrogens with zero attached hydrogens (tertiary/aromatic N) is 4. The molecule has 10 heteroatoms. The summed E-state index contributed by atoms with van der Waals surface area (Å²) in [6.45, 7) is 1.51. The van der Waals surface area contributed by atoms with Crippen LogP contribution in [-0.4, -0.2) is 61.7 Å². The highest BCUT2D eigenvalue weighted by molar-refractivity contribution is 6.01. The van der Waals surface area contributed by atoms with Gasteiger partial charge in [0.2, 0.25) is 0 Å². The van der Waals surface area contributed by atoms with Crippen LogP contribution in [-0.2, 0) is 13.6 Å². The Morgan fingerprint density at radius 1 is 1.04 bits per heavy atom. The number of hydrogen-bond donors (Lipinski definition) is 2. The molecule has 230 valence electrons. The molecule has 3 fully saturated rings. The molecular formula is C35H34FN5O4. The van der Waals surface area contributed by atoms with Gasteiger partial charge in [-0.2, -0.15) is 0 Å². The van der Waals surface area contributed by atoms with Crippen molar-refractivity contribution < 1.29 is 23.8 Å². The van der Waals surface area contributed by atoms with Crippen LogP contribution in [0.25, 0.3) is 44.6 Å². The fraction of sp³-hybridized carbons (Fsp3) is 0.343. The van der Waals surface area contributed by atoms with Crippen LogP contribution in [0.4, 0.5) is 4.39 Å². The Balaban J connectivity index is 1.24. The molecule has 2 aromatic heterocycles. The third-order valence-corrected chi connectivity index (χ3v) is 10.1. The smallest absolute Gasteiger partial charge is 0.338 e. The number of aromatic nitrogens is 3. The fourth-order valence-electron chi connectivity index (χ4n) is 7.51. The number of carbonyl (C=O) groups is 2. The molecule has 2 bridgehead atoms. The van der Waals surface area contributed by atoms with E-state index < -0.39 is 11.8 Å². The van der Waals surface area contributed by atoms with Gasteiger partial charge >= 0.3 is 5.97 Å². The van der Waals surface area contributed by atoms with Gasteiger partial charge in [-0.1, -0.05) is 18.2 Å². The van der Waals surface area contributed by atoms with E-state index in [0.29, 0.717) is 40.8 Å². The third kappa shape index (κ3) is 4.41. The van der Waals surface area contributed by atoms with Crippen LogP contribution in [0.1, 0.15) is 46.4 Å². The Morgan fingerprint density at radius 2 is 1.82 bits per heavy atom. The van der Waals surface area contributed by atoms with Crippen molar-refractivity contribution in [1.29, 1.82) is 0 Å². The molecule has 2 aliphatic carbocycles. The highest BCUT2D eigenvalue weighted by Crippen LogP contribution is 2.41. The van der Waals surface area contributed by atoms with Crippen molar-refractivity contribution in [2.24, 2.45) is 24.6 Å². The Labute approximate surface area is 259 Å². The van der Waals surface area contributed by atoms with E-state index in [2.05, 4.69) is 10.6 Å². The van der Waals surface area contributed by atoms with Gasteiger partial charge in [0.15, 0.2) is 5.82 Å². The Morgan fingerprint density at radius 3 is 2.51 bits per heavy atom. The molecule has 9 nitrogen and oxygen atoms in total. The van der Waals surface area contributed by atoms with E-state index in [4.69, 9.17) is 15.5 Å². The van der Waals surface area contributed by atoms with Gasteiger partial charge in [-0.05, 0) is 85.0 Å². The summed E-state index contributed by atoms with van der Waals surface area (Å²) in [4.78, 5) is 32.3. The Hall–Kier alpha value is -4.70. The summed E-state index contributed by atoms with van der Waals surface area (Å²) in [5, 5.41) is 10.5. The number of rotatable bonds is 7. The molecule has 3 aliphatic rings. The minimum absolute atomic E-state index is 0.0349. The highest BCUT2D eigenvalue weighted by atomic mass is 19.1. The molecule has 45 heavy (non-hydrogen) atoms. The largest absolute Gasteiger partial charge is 0.494 e. The Bertz CT molecular complexity index is 2040. The van der Waals surface area contributed by atoms with Gasteiger partial charge in [0.1, 0.15) is 17.1 Å². The molecule has 0 unspecified atom stereocenters. The Kier molecular flexibility index (Phi) is 6.29. The number of carboxylic acids is 1. The fourth-order valence-corrected chi connectivity index (χ4v) is 7.51. The number of aromatic carboxylic acids is 1. The maximum atomic E-state index is 14.1. The lowest BCUT2D eigenvalue weighted by atomic mass is 10.0. The normalized spacial score (nSPS) is 20.9. The SMILES string of the molecule is COc1cc(C(=O)N2C[C@H]3CC[C@@H]2[C@@H]3N)cc2nc(-c3cc4ccc(-c5ccc(F)c(C(=O)O)c5)cc4n3CC3CC3)n(C)c12. The average molecular weight is 608 g/mol. The minimum Gasteiger partial charge on any atom is -0.494 e. The summed E-state index contributed by atoms with van der Waals surface area (Å²) in [6.07, 6.45) is 4.33. The number of piperidine rings is 1. The van der Waals surface area contributed by atoms with Crippen LogP contribution in [0.5, 0.6) is 5.75 Å². The quantitative estimate of drug-likeness (QED) is 0.246. The van der Waals surface area contributed by atoms with E-state index in [1.807, 2.05) is 46.8 Å². The molecule has 3 aromatic carbocycles. The molecule has 1 aliphatic heterocycles. The second kappa shape index (κ2) is 10.2. The average Bonchev–Trinajstić information content (AvgIpc) is 3.44. The topological polar surface area (TPSA) is 116 Å². The second-order valence-electron chi connectivity index (χ2n) is 12.8. The summed E-state index contributed by atoms with van der Waals surface area (Å²) in [6, 6.07) is 16.1. The molecule has 0 radical (unpaired) electrons. The van der Waals surface area contributed by atoms with Crippen molar-refractivity contribution in [3.05, 3.63) is 71.5 Å². The number of imidazole rings is 1. The van der Waals surface area contributed by atoms with Gasteiger partial charge in [0.25, 0.3) is 5.91 Å². The van der Waals surface area contributed by atoms with Crippen molar-refractivity contribution >= 4 is 33.8 Å². The van der Waals surface area contributed by atoms with Gasteiger partial charge in [0, 0.05) is 48.7 Å². The number of fused-ring (bicyclic) bond motifs is 4. The van der Waals surface area contributed by atoms with E-state index in [1.54, 1.807) is 13.2 Å². The van der Waals surface area contributed by atoms with Crippen LogP contribution >= 0.6 is 0 Å². The number of ether oxygens (including phenoxy) is 1. The maximum absolute atomic E-state index is 14.1. The van der Waals surface area contributed by atoms with Crippen molar-refractivity contribution in [1.82, 2.24) is 19.0 Å². The first-order valence-electron chi connectivity index (χ1n) is 15.5. The lowest BCUT2D eigenvalue weighted by Crippen LogP contribution is -2.41. The number of hydrogen-bond acceptors (Lipinski definition) is 5. The standard InChI is InChI=1S/C35H34FN5O4/c1-39-32-26(12-23(15-30(32)45-2)34(42)41-17-22-8-10-27(41)31(22)37)38-33(39)29-14-21-6-5-20(13-28(21)40(29)16-18-3-4-18)19-7-9-25(36)24(11-19)35(43)44/h5-7,9,11-15,18,22,27,31H,3-4,8,10,16-17,37H2,1-2H3,(H,43,44)/t22-,27-,31-/m1/s1. The van der Waals surface area contributed by atoms with Crippen molar-refractivity contribution in [2.75, 3.05) is 13.7 Å². The number of methoxy groups -OCH3 is 1. The third-order valence-electron chi connectivity index (χ3n) is 10.1. The number of carbonyl (C=O) groups excluding carboxylic acids is 1. The van der Waals surface area contributed by atoms with Crippen molar-refractivity contribution in [3.8, 4) is 28.4 Å². The van der Waals surface area contributed by atoms with Crippen LogP contribution in [0.15, 0.2) is 54.6 Å². The van der Waals surface area contributed by atoms with Gasteiger partial charge in [-0.3, -0.25) is 4.79 Å². The molecule has 0 spiro atoms. The first-order valence-corrected chi connectivity index (χ1v) is 15.5. The molecule has 3 N–H and O–H groups in total. The van der Waals surface area contributed by atoms with Gasteiger partial charge in [0.05, 0.1) is 23.9 Å². The summed E-state index contributed by atoms with van der Waals surface area (Å²) in [7, 11) is 3.57. The van der Waals surface area contributed by atoms with Crippen LogP contribution in [0.2, 0.25) is 0 Å². The van der Waals surface area contributed by atoms with E-state index in [9.17, 15) is 19.1 Å².